The van der Waals surface area contributed by atoms with Crippen LogP contribution in [0.15, 0.2) is 41.1 Å². The molecule has 7 nitrogen and oxygen atoms in total. The number of carbonyl (C=O) groups excluding carboxylic acids is 1. The third-order valence-corrected chi connectivity index (χ3v) is 4.07. The predicted octanol–water partition coefficient (Wildman–Crippen LogP) is 1.52. The maximum Gasteiger partial charge on any atom is 0.298 e. The van der Waals surface area contributed by atoms with Crippen LogP contribution in [0.5, 0.6) is 0 Å². The van der Waals surface area contributed by atoms with Crippen LogP contribution in [0.25, 0.3) is 11.1 Å². The highest BCUT2D eigenvalue weighted by Gasteiger charge is 2.25. The zero-order valence-electron chi connectivity index (χ0n) is 12.8. The zero-order valence-corrected chi connectivity index (χ0v) is 12.8. The molecule has 0 N–H and O–H groups in total. The molecule has 0 bridgehead atoms. The summed E-state index contributed by atoms with van der Waals surface area (Å²) in [7, 11) is 1.81. The van der Waals surface area contributed by atoms with Crippen LogP contribution in [0.2, 0.25) is 0 Å². The number of nitrogens with zero attached hydrogens (tertiary/aromatic N) is 5. The molecular formula is C16H17N5O2. The van der Waals surface area contributed by atoms with Gasteiger partial charge in [0.05, 0.1) is 11.8 Å². The van der Waals surface area contributed by atoms with Crippen molar-refractivity contribution in [1.29, 1.82) is 0 Å². The number of piperazine rings is 1. The number of para-hydroxylation sites is 2. The van der Waals surface area contributed by atoms with Gasteiger partial charge in [0.2, 0.25) is 0 Å². The van der Waals surface area contributed by atoms with Crippen LogP contribution in [0.3, 0.4) is 0 Å². The standard InChI is InChI=1S/C16H17N5O2/c1-19-11-12(10-17-19)15(22)20-6-8-21(9-7-20)16-18-13-4-2-3-5-14(13)23-16/h2-5,10-11H,6-9H2,1H3. The average molecular weight is 311 g/mol. The van der Waals surface area contributed by atoms with Crippen LogP contribution >= 0.6 is 0 Å². The van der Waals surface area contributed by atoms with E-state index in [4.69, 9.17) is 4.42 Å². The Morgan fingerprint density at radius 3 is 2.65 bits per heavy atom. The van der Waals surface area contributed by atoms with Gasteiger partial charge in [-0.05, 0) is 12.1 Å². The Balaban J connectivity index is 1.45. The number of amides is 1. The summed E-state index contributed by atoms with van der Waals surface area (Å²) < 4.78 is 7.43. The van der Waals surface area contributed by atoms with Gasteiger partial charge in [-0.25, -0.2) is 0 Å². The number of aromatic nitrogens is 3. The molecule has 23 heavy (non-hydrogen) atoms. The number of oxazole rings is 1. The molecule has 4 rings (SSSR count). The smallest absolute Gasteiger partial charge is 0.298 e. The van der Waals surface area contributed by atoms with Crippen molar-refractivity contribution in [2.24, 2.45) is 7.05 Å². The van der Waals surface area contributed by atoms with Gasteiger partial charge in [0.1, 0.15) is 5.52 Å². The Morgan fingerprint density at radius 2 is 1.96 bits per heavy atom. The van der Waals surface area contributed by atoms with Crippen LogP contribution < -0.4 is 4.90 Å². The highest BCUT2D eigenvalue weighted by molar-refractivity contribution is 5.93. The Bertz CT molecular complexity index is 812. The number of fused-ring (bicyclic) bond motifs is 1. The van der Waals surface area contributed by atoms with Crippen LogP contribution in [0, 0.1) is 0 Å². The maximum absolute atomic E-state index is 12.4. The van der Waals surface area contributed by atoms with E-state index in [2.05, 4.69) is 15.0 Å². The third-order valence-electron chi connectivity index (χ3n) is 4.07. The van der Waals surface area contributed by atoms with Gasteiger partial charge in [-0.3, -0.25) is 9.48 Å². The van der Waals surface area contributed by atoms with Crippen LogP contribution in [-0.4, -0.2) is 51.8 Å². The van der Waals surface area contributed by atoms with Crippen molar-refractivity contribution >= 4 is 23.0 Å². The van der Waals surface area contributed by atoms with Crippen molar-refractivity contribution < 1.29 is 9.21 Å². The largest absolute Gasteiger partial charge is 0.423 e. The summed E-state index contributed by atoms with van der Waals surface area (Å²) in [5.41, 5.74) is 2.27. The molecule has 2 aromatic heterocycles. The first kappa shape index (κ1) is 13.8. The second-order valence-electron chi connectivity index (χ2n) is 5.65. The van der Waals surface area contributed by atoms with E-state index in [1.165, 1.54) is 0 Å². The second-order valence-corrected chi connectivity index (χ2v) is 5.65. The lowest BCUT2D eigenvalue weighted by Gasteiger charge is -2.33. The minimum atomic E-state index is 0.0234. The van der Waals surface area contributed by atoms with E-state index in [1.807, 2.05) is 36.2 Å². The molecule has 1 amide bonds. The molecule has 1 aliphatic rings. The Labute approximate surface area is 133 Å². The number of carbonyl (C=O) groups is 1. The van der Waals surface area contributed by atoms with Gasteiger partial charge >= 0.3 is 0 Å². The highest BCUT2D eigenvalue weighted by Crippen LogP contribution is 2.22. The monoisotopic (exact) mass is 311 g/mol. The van der Waals surface area contributed by atoms with E-state index in [0.717, 1.165) is 11.1 Å². The summed E-state index contributed by atoms with van der Waals surface area (Å²) in [5, 5.41) is 4.05. The Hall–Kier alpha value is -2.83. The molecule has 1 saturated heterocycles. The van der Waals surface area contributed by atoms with Crippen LogP contribution in [0.1, 0.15) is 10.4 Å². The molecule has 0 radical (unpaired) electrons. The van der Waals surface area contributed by atoms with E-state index in [-0.39, 0.29) is 5.91 Å². The lowest BCUT2D eigenvalue weighted by molar-refractivity contribution is 0.0745. The van der Waals surface area contributed by atoms with E-state index >= 15 is 0 Å². The lowest BCUT2D eigenvalue weighted by atomic mass is 10.2. The lowest BCUT2D eigenvalue weighted by Crippen LogP contribution is -2.48. The molecule has 1 aliphatic heterocycles. The van der Waals surface area contributed by atoms with Crippen molar-refractivity contribution in [3.05, 3.63) is 42.2 Å². The van der Waals surface area contributed by atoms with Crippen molar-refractivity contribution in [2.75, 3.05) is 31.1 Å². The van der Waals surface area contributed by atoms with Crippen molar-refractivity contribution in [1.82, 2.24) is 19.7 Å². The molecule has 0 atom stereocenters. The second kappa shape index (κ2) is 5.42. The normalized spacial score (nSPS) is 15.3. The first-order chi connectivity index (χ1) is 11.2. The fraction of sp³-hybridized carbons (Fsp3) is 0.312. The molecule has 3 heterocycles. The fourth-order valence-corrected chi connectivity index (χ4v) is 2.81. The fourth-order valence-electron chi connectivity index (χ4n) is 2.81. The summed E-state index contributed by atoms with van der Waals surface area (Å²) >= 11 is 0. The van der Waals surface area contributed by atoms with E-state index in [0.29, 0.717) is 37.8 Å². The Morgan fingerprint density at radius 1 is 1.17 bits per heavy atom. The maximum atomic E-state index is 12.4. The first-order valence-corrected chi connectivity index (χ1v) is 7.59. The van der Waals surface area contributed by atoms with Gasteiger partial charge in [0, 0.05) is 39.4 Å². The third kappa shape index (κ3) is 2.54. The summed E-state index contributed by atoms with van der Waals surface area (Å²) in [4.78, 5) is 20.8. The van der Waals surface area contributed by atoms with Gasteiger partial charge < -0.3 is 14.2 Å². The summed E-state index contributed by atoms with van der Waals surface area (Å²) in [6, 6.07) is 8.35. The molecule has 118 valence electrons. The quantitative estimate of drug-likeness (QED) is 0.718. The number of benzene rings is 1. The van der Waals surface area contributed by atoms with Gasteiger partial charge in [-0.1, -0.05) is 12.1 Å². The van der Waals surface area contributed by atoms with E-state index < -0.39 is 0 Å². The topological polar surface area (TPSA) is 67.4 Å². The first-order valence-electron chi connectivity index (χ1n) is 7.59. The molecule has 0 spiro atoms. The number of rotatable bonds is 2. The molecule has 0 saturated carbocycles. The van der Waals surface area contributed by atoms with Gasteiger partial charge in [-0.2, -0.15) is 10.1 Å². The van der Waals surface area contributed by atoms with Gasteiger partial charge in [-0.15, -0.1) is 0 Å². The number of hydrogen-bond donors (Lipinski definition) is 0. The predicted molar refractivity (Wildman–Crippen MR) is 85.3 cm³/mol. The molecule has 1 fully saturated rings. The summed E-state index contributed by atoms with van der Waals surface area (Å²) in [6.45, 7) is 2.70. The molecule has 0 aliphatic carbocycles. The van der Waals surface area contributed by atoms with Crippen molar-refractivity contribution in [2.45, 2.75) is 0 Å². The number of hydrogen-bond acceptors (Lipinski definition) is 5. The van der Waals surface area contributed by atoms with Crippen LogP contribution in [0.4, 0.5) is 6.01 Å². The van der Waals surface area contributed by atoms with Crippen molar-refractivity contribution in [3.63, 3.8) is 0 Å². The summed E-state index contributed by atoms with van der Waals surface area (Å²) in [5.74, 6) is 0.0234. The molecular weight excluding hydrogens is 294 g/mol. The molecule has 0 unspecified atom stereocenters. The van der Waals surface area contributed by atoms with Crippen molar-refractivity contribution in [3.8, 4) is 0 Å². The molecule has 1 aromatic carbocycles. The highest BCUT2D eigenvalue weighted by atomic mass is 16.4. The average Bonchev–Trinajstić information content (AvgIpc) is 3.20. The molecule has 3 aromatic rings. The zero-order chi connectivity index (χ0) is 15.8. The number of anilines is 1. The van der Waals surface area contributed by atoms with Gasteiger partial charge in [0.15, 0.2) is 5.58 Å². The summed E-state index contributed by atoms with van der Waals surface area (Å²) in [6.07, 6.45) is 3.35. The van der Waals surface area contributed by atoms with Gasteiger partial charge in [0.25, 0.3) is 11.9 Å². The minimum Gasteiger partial charge on any atom is -0.423 e. The van der Waals surface area contributed by atoms with E-state index in [1.54, 1.807) is 17.1 Å². The minimum absolute atomic E-state index is 0.0234. The van der Waals surface area contributed by atoms with E-state index in [9.17, 15) is 4.79 Å². The van der Waals surface area contributed by atoms with Crippen LogP contribution in [-0.2, 0) is 7.05 Å². The number of aryl methyl sites for hydroxylation is 1. The molecule has 7 heteroatoms. The SMILES string of the molecule is Cn1cc(C(=O)N2CCN(c3nc4ccccc4o3)CC2)cn1. The Kier molecular flexibility index (Phi) is 3.25.